The lowest BCUT2D eigenvalue weighted by Crippen LogP contribution is -2.06. The van der Waals surface area contributed by atoms with Crippen LogP contribution in [0, 0.1) is 11.6 Å². The molecule has 0 atom stereocenters. The van der Waals surface area contributed by atoms with E-state index < -0.39 is 11.6 Å². The maximum atomic E-state index is 14.1. The Morgan fingerprint density at radius 2 is 2.00 bits per heavy atom. The fraction of sp³-hybridized carbons (Fsp3) is 0.0588. The van der Waals surface area contributed by atoms with Crippen molar-refractivity contribution in [2.24, 2.45) is 0 Å². The smallest absolute Gasteiger partial charge is 0.181 e. The van der Waals surface area contributed by atoms with Gasteiger partial charge in [0.2, 0.25) is 0 Å². The summed E-state index contributed by atoms with van der Waals surface area (Å²) < 4.78 is 33.7. The number of aromatic nitrogens is 5. The monoisotopic (exact) mass is 389 g/mol. The lowest BCUT2D eigenvalue weighted by atomic mass is 10.2. The van der Waals surface area contributed by atoms with Crippen molar-refractivity contribution >= 4 is 11.6 Å². The van der Waals surface area contributed by atoms with Crippen molar-refractivity contribution in [2.75, 3.05) is 0 Å². The molecule has 3 heterocycles. The van der Waals surface area contributed by atoms with Crippen molar-refractivity contribution in [3.63, 3.8) is 0 Å². The first-order valence-corrected chi connectivity index (χ1v) is 8.04. The molecule has 1 N–H and O–H groups in total. The molecule has 7 nitrogen and oxygen atoms in total. The first kappa shape index (κ1) is 17.1. The van der Waals surface area contributed by atoms with Gasteiger partial charge in [0.1, 0.15) is 29.2 Å². The predicted molar refractivity (Wildman–Crippen MR) is 90.9 cm³/mol. The average molecular weight is 390 g/mol. The maximum Gasteiger partial charge on any atom is 0.181 e. The number of hydrogen-bond acceptors (Lipinski definition) is 6. The van der Waals surface area contributed by atoms with Crippen molar-refractivity contribution < 1.29 is 18.4 Å². The van der Waals surface area contributed by atoms with E-state index in [1.165, 1.54) is 29.1 Å². The first-order chi connectivity index (χ1) is 13.0. The van der Waals surface area contributed by atoms with E-state index in [0.717, 1.165) is 6.20 Å². The lowest BCUT2D eigenvalue weighted by molar-refractivity contribution is 0.421. The van der Waals surface area contributed by atoms with Crippen LogP contribution in [0.5, 0.6) is 5.75 Å². The normalized spacial score (nSPS) is 11.1. The molecule has 0 amide bonds. The third-order valence-corrected chi connectivity index (χ3v) is 4.08. The van der Waals surface area contributed by atoms with Crippen LogP contribution in [0.25, 0.3) is 22.9 Å². The summed E-state index contributed by atoms with van der Waals surface area (Å²) in [6.07, 6.45) is 2.31. The van der Waals surface area contributed by atoms with E-state index in [1.807, 2.05) is 0 Å². The zero-order chi connectivity index (χ0) is 19.0. The first-order valence-electron chi connectivity index (χ1n) is 7.66. The zero-order valence-electron chi connectivity index (χ0n) is 13.5. The minimum atomic E-state index is -0.757. The van der Waals surface area contributed by atoms with Gasteiger partial charge in [0.25, 0.3) is 0 Å². The molecule has 0 saturated heterocycles. The van der Waals surface area contributed by atoms with Crippen molar-refractivity contribution in [2.45, 2.75) is 6.54 Å². The Hall–Kier alpha value is -3.33. The van der Waals surface area contributed by atoms with Gasteiger partial charge in [-0.2, -0.15) is 5.10 Å². The highest BCUT2D eigenvalue weighted by molar-refractivity contribution is 6.29. The van der Waals surface area contributed by atoms with Crippen molar-refractivity contribution in [1.82, 2.24) is 24.9 Å². The van der Waals surface area contributed by atoms with Crippen LogP contribution in [0.1, 0.15) is 5.56 Å². The molecule has 0 aliphatic rings. The number of aromatic hydroxyl groups is 1. The molecule has 0 fully saturated rings. The van der Waals surface area contributed by atoms with E-state index in [2.05, 4.69) is 20.2 Å². The van der Waals surface area contributed by atoms with Crippen LogP contribution in [-0.4, -0.2) is 30.0 Å². The third-order valence-electron chi connectivity index (χ3n) is 3.81. The number of rotatable bonds is 4. The minimum absolute atomic E-state index is 0.0509. The Morgan fingerprint density at radius 3 is 2.70 bits per heavy atom. The number of hydrogen-bond donors (Lipinski definition) is 1. The molecule has 0 saturated carbocycles. The second-order valence-electron chi connectivity index (χ2n) is 5.53. The fourth-order valence-corrected chi connectivity index (χ4v) is 2.65. The van der Waals surface area contributed by atoms with Crippen LogP contribution >= 0.6 is 11.6 Å². The molecule has 0 radical (unpaired) electrons. The number of nitrogens with zero attached hydrogens (tertiary/aromatic N) is 5. The Kier molecular flexibility index (Phi) is 4.28. The molecule has 0 aliphatic heterocycles. The van der Waals surface area contributed by atoms with Crippen molar-refractivity contribution in [3.8, 4) is 28.7 Å². The number of benzene rings is 1. The number of halogens is 3. The Morgan fingerprint density at radius 1 is 1.15 bits per heavy atom. The third kappa shape index (κ3) is 3.24. The maximum absolute atomic E-state index is 14.1. The predicted octanol–water partition coefficient (Wildman–Crippen LogP) is 3.68. The summed E-state index contributed by atoms with van der Waals surface area (Å²) in [5.41, 5.74) is 1.21. The summed E-state index contributed by atoms with van der Waals surface area (Å²) in [6, 6.07) is 7.19. The molecule has 0 aliphatic carbocycles. The van der Waals surface area contributed by atoms with Crippen molar-refractivity contribution in [3.05, 3.63) is 65.1 Å². The highest BCUT2D eigenvalue weighted by atomic mass is 35.5. The minimum Gasteiger partial charge on any atom is -0.507 e. The van der Waals surface area contributed by atoms with Gasteiger partial charge >= 0.3 is 0 Å². The highest BCUT2D eigenvalue weighted by Crippen LogP contribution is 2.27. The van der Waals surface area contributed by atoms with Crippen molar-refractivity contribution in [1.29, 1.82) is 0 Å². The zero-order valence-corrected chi connectivity index (χ0v) is 14.2. The van der Waals surface area contributed by atoms with E-state index in [1.54, 1.807) is 12.1 Å². The fourth-order valence-electron chi connectivity index (χ4n) is 2.52. The second-order valence-corrected chi connectivity index (χ2v) is 5.89. The molecule has 0 bridgehead atoms. The summed E-state index contributed by atoms with van der Waals surface area (Å²) in [7, 11) is 0. The largest absolute Gasteiger partial charge is 0.507 e. The standard InChI is InChI=1S/C17H10ClF2N5O2/c18-16-11(20)7-21-17(22-16)13-6-14(12-4-5-27-24-12)25(23-13)8-9-10(19)2-1-3-15(9)26/h1-7,26H,8H2. The van der Waals surface area contributed by atoms with Crippen LogP contribution in [-0.2, 0) is 6.54 Å². The van der Waals surface area contributed by atoms with Gasteiger partial charge in [0.15, 0.2) is 16.8 Å². The molecule has 136 valence electrons. The summed E-state index contributed by atoms with van der Waals surface area (Å²) in [6.45, 7) is -0.0877. The molecule has 27 heavy (non-hydrogen) atoms. The summed E-state index contributed by atoms with van der Waals surface area (Å²) in [5, 5.41) is 17.8. The molecule has 0 unspecified atom stereocenters. The van der Waals surface area contributed by atoms with Gasteiger partial charge in [0.05, 0.1) is 24.0 Å². The average Bonchev–Trinajstić information content (AvgIpc) is 3.30. The van der Waals surface area contributed by atoms with Gasteiger partial charge in [-0.15, -0.1) is 0 Å². The molecule has 10 heteroatoms. The van der Waals surface area contributed by atoms with E-state index in [9.17, 15) is 13.9 Å². The second kappa shape index (κ2) is 6.76. The molecule has 4 aromatic rings. The summed E-state index contributed by atoms with van der Waals surface area (Å²) in [5.74, 6) is -1.46. The summed E-state index contributed by atoms with van der Waals surface area (Å²) in [4.78, 5) is 7.73. The van der Waals surface area contributed by atoms with Crippen LogP contribution in [0.2, 0.25) is 5.15 Å². The van der Waals surface area contributed by atoms with E-state index >= 15 is 0 Å². The van der Waals surface area contributed by atoms with Gasteiger partial charge in [-0.05, 0) is 18.2 Å². The van der Waals surface area contributed by atoms with Gasteiger partial charge in [0, 0.05) is 6.07 Å². The molecule has 4 rings (SSSR count). The number of phenols is 1. The van der Waals surface area contributed by atoms with Crippen LogP contribution in [0.15, 0.2) is 47.3 Å². The molecule has 1 aromatic carbocycles. The Bertz CT molecular complexity index is 1090. The molecular formula is C17H10ClF2N5O2. The van der Waals surface area contributed by atoms with Gasteiger partial charge in [-0.3, -0.25) is 4.68 Å². The molecule has 3 aromatic heterocycles. The highest BCUT2D eigenvalue weighted by Gasteiger charge is 2.19. The van der Waals surface area contributed by atoms with Gasteiger partial charge < -0.3 is 9.63 Å². The van der Waals surface area contributed by atoms with E-state index in [4.69, 9.17) is 16.1 Å². The van der Waals surface area contributed by atoms with Gasteiger partial charge in [-0.1, -0.05) is 22.8 Å². The molecular weight excluding hydrogens is 380 g/mol. The molecule has 0 spiro atoms. The number of phenolic OH excluding ortho intramolecular Hbond substituents is 1. The lowest BCUT2D eigenvalue weighted by Gasteiger charge is -2.08. The Labute approximate surface area is 155 Å². The van der Waals surface area contributed by atoms with Crippen LogP contribution in [0.4, 0.5) is 8.78 Å². The topological polar surface area (TPSA) is 89.9 Å². The van der Waals surface area contributed by atoms with Gasteiger partial charge in [-0.25, -0.2) is 18.7 Å². The van der Waals surface area contributed by atoms with Crippen LogP contribution in [0.3, 0.4) is 0 Å². The quantitative estimate of drug-likeness (QED) is 0.535. The van der Waals surface area contributed by atoms with E-state index in [-0.39, 0.29) is 34.5 Å². The SMILES string of the molecule is Oc1cccc(F)c1Cn1nc(-c2ncc(F)c(Cl)n2)cc1-c1ccon1. The Balaban J connectivity index is 1.82. The van der Waals surface area contributed by atoms with Crippen LogP contribution < -0.4 is 0 Å². The van der Waals surface area contributed by atoms with E-state index in [0.29, 0.717) is 11.4 Å². The summed E-state index contributed by atoms with van der Waals surface area (Å²) >= 11 is 5.71.